The second-order valence-electron chi connectivity index (χ2n) is 6.14. The van der Waals surface area contributed by atoms with E-state index in [9.17, 15) is 0 Å². The predicted molar refractivity (Wildman–Crippen MR) is 65.9 cm³/mol. The van der Waals surface area contributed by atoms with Crippen LogP contribution in [-0.2, 0) is 0 Å². The minimum Gasteiger partial charge on any atom is -0.303 e. The molecule has 0 spiro atoms. The van der Waals surface area contributed by atoms with Crippen molar-refractivity contribution < 1.29 is 0 Å². The SMILES string of the molecule is CC(C)C1C[C@@H](C2CCCCC2)CN1C. The summed E-state index contributed by atoms with van der Waals surface area (Å²) in [6.45, 7) is 6.13. The first kappa shape index (κ1) is 11.4. The predicted octanol–water partition coefficient (Wildman–Crippen LogP) is 3.54. The van der Waals surface area contributed by atoms with E-state index in [4.69, 9.17) is 0 Å². The first-order valence-electron chi connectivity index (χ1n) is 6.88. The lowest BCUT2D eigenvalue weighted by atomic mass is 9.78. The van der Waals surface area contributed by atoms with Crippen LogP contribution in [0, 0.1) is 17.8 Å². The van der Waals surface area contributed by atoms with E-state index < -0.39 is 0 Å². The molecule has 1 heteroatoms. The van der Waals surface area contributed by atoms with E-state index >= 15 is 0 Å². The minimum absolute atomic E-state index is 0.837. The van der Waals surface area contributed by atoms with Crippen molar-refractivity contribution in [3.63, 3.8) is 0 Å². The maximum atomic E-state index is 2.62. The molecule has 0 aromatic carbocycles. The van der Waals surface area contributed by atoms with Gasteiger partial charge in [-0.25, -0.2) is 0 Å². The first-order chi connectivity index (χ1) is 7.18. The van der Waals surface area contributed by atoms with Crippen molar-refractivity contribution in [1.29, 1.82) is 0 Å². The van der Waals surface area contributed by atoms with E-state index in [0.717, 1.165) is 23.8 Å². The number of likely N-dealkylation sites (tertiary alicyclic amines) is 1. The van der Waals surface area contributed by atoms with Gasteiger partial charge in [0.2, 0.25) is 0 Å². The highest BCUT2D eigenvalue weighted by molar-refractivity contribution is 4.89. The van der Waals surface area contributed by atoms with Crippen LogP contribution in [0.5, 0.6) is 0 Å². The molecule has 2 fully saturated rings. The fourth-order valence-electron chi connectivity index (χ4n) is 3.80. The molecule has 0 amide bonds. The van der Waals surface area contributed by atoms with Crippen molar-refractivity contribution in [2.45, 2.75) is 58.4 Å². The highest BCUT2D eigenvalue weighted by Crippen LogP contribution is 2.38. The summed E-state index contributed by atoms with van der Waals surface area (Å²) in [6.07, 6.45) is 8.99. The molecular formula is C14H27N. The molecule has 2 rings (SSSR count). The average Bonchev–Trinajstić information content (AvgIpc) is 2.62. The van der Waals surface area contributed by atoms with Gasteiger partial charge in [-0.1, -0.05) is 46.0 Å². The second-order valence-corrected chi connectivity index (χ2v) is 6.14. The van der Waals surface area contributed by atoms with Crippen LogP contribution in [0.1, 0.15) is 52.4 Å². The highest BCUT2D eigenvalue weighted by atomic mass is 15.2. The monoisotopic (exact) mass is 209 g/mol. The molecule has 0 aromatic rings. The molecule has 1 aliphatic carbocycles. The van der Waals surface area contributed by atoms with Crippen LogP contribution in [-0.4, -0.2) is 24.5 Å². The van der Waals surface area contributed by atoms with Crippen LogP contribution in [0.25, 0.3) is 0 Å². The molecule has 1 unspecified atom stereocenters. The molecule has 88 valence electrons. The molecule has 2 aliphatic rings. The van der Waals surface area contributed by atoms with Gasteiger partial charge in [-0.15, -0.1) is 0 Å². The van der Waals surface area contributed by atoms with Crippen molar-refractivity contribution in [2.24, 2.45) is 17.8 Å². The topological polar surface area (TPSA) is 3.24 Å². The van der Waals surface area contributed by atoms with Gasteiger partial charge in [0.05, 0.1) is 0 Å². The maximum Gasteiger partial charge on any atom is 0.0118 e. The summed E-state index contributed by atoms with van der Waals surface area (Å²) in [7, 11) is 2.33. The van der Waals surface area contributed by atoms with Crippen LogP contribution >= 0.6 is 0 Å². The number of hydrogen-bond donors (Lipinski definition) is 0. The van der Waals surface area contributed by atoms with Gasteiger partial charge in [-0.3, -0.25) is 0 Å². The van der Waals surface area contributed by atoms with Crippen LogP contribution in [0.4, 0.5) is 0 Å². The lowest BCUT2D eigenvalue weighted by molar-refractivity contribution is 0.238. The van der Waals surface area contributed by atoms with Gasteiger partial charge in [0.1, 0.15) is 0 Å². The third-order valence-electron chi connectivity index (χ3n) is 4.72. The van der Waals surface area contributed by atoms with Crippen molar-refractivity contribution >= 4 is 0 Å². The highest BCUT2D eigenvalue weighted by Gasteiger charge is 2.35. The van der Waals surface area contributed by atoms with Crippen LogP contribution in [0.3, 0.4) is 0 Å². The van der Waals surface area contributed by atoms with Crippen LogP contribution < -0.4 is 0 Å². The summed E-state index contributed by atoms with van der Waals surface area (Å²) in [5, 5.41) is 0. The summed E-state index contributed by atoms with van der Waals surface area (Å²) in [5.41, 5.74) is 0. The molecule has 0 aromatic heterocycles. The molecule has 1 aliphatic heterocycles. The molecule has 0 radical (unpaired) electrons. The van der Waals surface area contributed by atoms with Crippen molar-refractivity contribution in [2.75, 3.05) is 13.6 Å². The van der Waals surface area contributed by atoms with E-state index in [-0.39, 0.29) is 0 Å². The molecule has 1 saturated heterocycles. The normalized spacial score (nSPS) is 35.2. The van der Waals surface area contributed by atoms with E-state index in [1.165, 1.54) is 45.1 Å². The van der Waals surface area contributed by atoms with Gasteiger partial charge in [0.25, 0.3) is 0 Å². The van der Waals surface area contributed by atoms with E-state index in [1.807, 2.05) is 0 Å². The van der Waals surface area contributed by atoms with Crippen molar-refractivity contribution in [3.05, 3.63) is 0 Å². The average molecular weight is 209 g/mol. The zero-order chi connectivity index (χ0) is 10.8. The first-order valence-corrected chi connectivity index (χ1v) is 6.88. The van der Waals surface area contributed by atoms with Gasteiger partial charge >= 0.3 is 0 Å². The lowest BCUT2D eigenvalue weighted by Gasteiger charge is -2.27. The quantitative estimate of drug-likeness (QED) is 0.672. The van der Waals surface area contributed by atoms with Gasteiger partial charge in [0, 0.05) is 12.6 Å². The number of hydrogen-bond acceptors (Lipinski definition) is 1. The lowest BCUT2D eigenvalue weighted by Crippen LogP contribution is -2.29. The van der Waals surface area contributed by atoms with Gasteiger partial charge < -0.3 is 4.90 Å². The molecule has 0 N–H and O–H groups in total. The summed E-state index contributed by atoms with van der Waals surface area (Å²) in [6, 6.07) is 0.858. The van der Waals surface area contributed by atoms with E-state index in [0.29, 0.717) is 0 Å². The third-order valence-corrected chi connectivity index (χ3v) is 4.72. The van der Waals surface area contributed by atoms with Crippen LogP contribution in [0.15, 0.2) is 0 Å². The molecule has 1 saturated carbocycles. The Morgan fingerprint density at radius 3 is 2.20 bits per heavy atom. The summed E-state index contributed by atoms with van der Waals surface area (Å²) < 4.78 is 0. The standard InChI is InChI=1S/C14H27N/c1-11(2)14-9-13(10-15(14)3)12-7-5-4-6-8-12/h11-14H,4-10H2,1-3H3/t13-,14?/m1/s1. The number of rotatable bonds is 2. The Balaban J connectivity index is 1.89. The van der Waals surface area contributed by atoms with E-state index in [2.05, 4.69) is 25.8 Å². The largest absolute Gasteiger partial charge is 0.303 e. The fourth-order valence-corrected chi connectivity index (χ4v) is 3.80. The Bertz CT molecular complexity index is 194. The third kappa shape index (κ3) is 2.55. The summed E-state index contributed by atoms with van der Waals surface area (Å²) in [5.74, 6) is 2.91. The van der Waals surface area contributed by atoms with Gasteiger partial charge in [-0.2, -0.15) is 0 Å². The Morgan fingerprint density at radius 1 is 1.00 bits per heavy atom. The second kappa shape index (κ2) is 4.86. The molecule has 15 heavy (non-hydrogen) atoms. The van der Waals surface area contributed by atoms with Gasteiger partial charge in [0.15, 0.2) is 0 Å². The molecule has 1 nitrogen and oxygen atoms in total. The van der Waals surface area contributed by atoms with Gasteiger partial charge in [-0.05, 0) is 31.2 Å². The smallest absolute Gasteiger partial charge is 0.0118 e. The van der Waals surface area contributed by atoms with Crippen molar-refractivity contribution in [1.82, 2.24) is 4.90 Å². The minimum atomic E-state index is 0.837. The van der Waals surface area contributed by atoms with Crippen molar-refractivity contribution in [3.8, 4) is 0 Å². The summed E-state index contributed by atoms with van der Waals surface area (Å²) in [4.78, 5) is 2.62. The zero-order valence-electron chi connectivity index (χ0n) is 10.7. The Labute approximate surface area is 95.2 Å². The Morgan fingerprint density at radius 2 is 1.67 bits per heavy atom. The Kier molecular flexibility index (Phi) is 3.71. The van der Waals surface area contributed by atoms with Crippen LogP contribution in [0.2, 0.25) is 0 Å². The molecule has 1 heterocycles. The summed E-state index contributed by atoms with van der Waals surface area (Å²) >= 11 is 0. The zero-order valence-corrected chi connectivity index (χ0v) is 10.7. The fraction of sp³-hybridized carbons (Fsp3) is 1.00. The molecule has 2 atom stereocenters. The maximum absolute atomic E-state index is 2.62. The molecule has 0 bridgehead atoms. The van der Waals surface area contributed by atoms with E-state index in [1.54, 1.807) is 0 Å². The number of nitrogens with zero attached hydrogens (tertiary/aromatic N) is 1. The Hall–Kier alpha value is -0.0400. The molecular weight excluding hydrogens is 182 g/mol.